The van der Waals surface area contributed by atoms with Crippen LogP contribution in [-0.2, 0) is 4.74 Å². The number of rotatable bonds is 4. The number of pyridine rings is 1. The SMILES string of the molecule is CC(C)(C)OC(=O)NC[C@H]1CC[C@H](Oc2ccnc3c(F)cccc23)CC1. The topological polar surface area (TPSA) is 60.5 Å². The Morgan fingerprint density at radius 2 is 1.96 bits per heavy atom. The van der Waals surface area contributed by atoms with Crippen LogP contribution in [0.1, 0.15) is 46.5 Å². The van der Waals surface area contributed by atoms with Crippen molar-refractivity contribution in [3.8, 4) is 5.75 Å². The number of nitrogens with one attached hydrogen (secondary N) is 1. The number of ether oxygens (including phenoxy) is 2. The van der Waals surface area contributed by atoms with E-state index in [9.17, 15) is 9.18 Å². The van der Waals surface area contributed by atoms with E-state index in [0.717, 1.165) is 25.7 Å². The van der Waals surface area contributed by atoms with Gasteiger partial charge in [0.1, 0.15) is 22.7 Å². The molecule has 0 spiro atoms. The summed E-state index contributed by atoms with van der Waals surface area (Å²) in [4.78, 5) is 15.9. The van der Waals surface area contributed by atoms with Crippen LogP contribution in [0.25, 0.3) is 10.9 Å². The number of hydrogen-bond acceptors (Lipinski definition) is 4. The highest BCUT2D eigenvalue weighted by molar-refractivity contribution is 5.85. The predicted octanol–water partition coefficient (Wildman–Crippen LogP) is 4.84. The van der Waals surface area contributed by atoms with E-state index in [0.29, 0.717) is 29.1 Å². The lowest BCUT2D eigenvalue weighted by Crippen LogP contribution is -2.37. The normalized spacial score (nSPS) is 20.3. The van der Waals surface area contributed by atoms with Gasteiger partial charge in [-0.15, -0.1) is 0 Å². The van der Waals surface area contributed by atoms with Crippen molar-refractivity contribution in [2.45, 2.75) is 58.2 Å². The molecule has 6 heteroatoms. The molecule has 2 aromatic rings. The molecule has 146 valence electrons. The van der Waals surface area contributed by atoms with E-state index in [-0.39, 0.29) is 18.0 Å². The number of halogens is 1. The average Bonchev–Trinajstić information content (AvgIpc) is 2.61. The molecule has 1 aliphatic rings. The lowest BCUT2D eigenvalue weighted by molar-refractivity contribution is 0.0508. The monoisotopic (exact) mass is 374 g/mol. The first-order valence-corrected chi connectivity index (χ1v) is 9.48. The van der Waals surface area contributed by atoms with Gasteiger partial charge in [-0.05, 0) is 70.6 Å². The van der Waals surface area contributed by atoms with Gasteiger partial charge in [-0.25, -0.2) is 9.18 Å². The van der Waals surface area contributed by atoms with Crippen molar-refractivity contribution in [2.24, 2.45) is 5.92 Å². The lowest BCUT2D eigenvalue weighted by Gasteiger charge is -2.29. The Morgan fingerprint density at radius 1 is 1.22 bits per heavy atom. The van der Waals surface area contributed by atoms with Crippen molar-refractivity contribution in [1.82, 2.24) is 10.3 Å². The molecule has 3 rings (SSSR count). The molecule has 1 aromatic carbocycles. The zero-order chi connectivity index (χ0) is 19.4. The van der Waals surface area contributed by atoms with Gasteiger partial charge in [-0.3, -0.25) is 4.98 Å². The Morgan fingerprint density at radius 3 is 2.67 bits per heavy atom. The van der Waals surface area contributed by atoms with Gasteiger partial charge in [0.05, 0.1) is 6.10 Å². The maximum atomic E-state index is 13.9. The van der Waals surface area contributed by atoms with Crippen molar-refractivity contribution in [1.29, 1.82) is 0 Å². The third-order valence-corrected chi connectivity index (χ3v) is 4.70. The fraction of sp³-hybridized carbons (Fsp3) is 0.524. The van der Waals surface area contributed by atoms with Crippen LogP contribution in [0.2, 0.25) is 0 Å². The van der Waals surface area contributed by atoms with E-state index in [4.69, 9.17) is 9.47 Å². The Bertz CT molecular complexity index is 796. The van der Waals surface area contributed by atoms with E-state index in [2.05, 4.69) is 10.3 Å². The van der Waals surface area contributed by atoms with E-state index in [1.807, 2.05) is 26.8 Å². The molecule has 1 heterocycles. The average molecular weight is 374 g/mol. The second-order valence-corrected chi connectivity index (χ2v) is 8.09. The Kier molecular flexibility index (Phi) is 5.82. The molecule has 0 unspecified atom stereocenters. The molecule has 1 aromatic heterocycles. The van der Waals surface area contributed by atoms with Crippen molar-refractivity contribution in [3.63, 3.8) is 0 Å². The number of alkyl carbamates (subject to hydrolysis) is 1. The Balaban J connectivity index is 1.50. The summed E-state index contributed by atoms with van der Waals surface area (Å²) in [6, 6.07) is 6.70. The number of amides is 1. The first kappa shape index (κ1) is 19.4. The molecule has 1 saturated carbocycles. The molecule has 0 bridgehead atoms. The molecule has 0 saturated heterocycles. The third kappa shape index (κ3) is 5.31. The molecule has 1 fully saturated rings. The van der Waals surface area contributed by atoms with Gasteiger partial charge >= 0.3 is 6.09 Å². The highest BCUT2D eigenvalue weighted by Crippen LogP contribution is 2.31. The Hall–Kier alpha value is -2.37. The number of para-hydroxylation sites is 1. The number of fused-ring (bicyclic) bond motifs is 1. The lowest BCUT2D eigenvalue weighted by atomic mass is 9.87. The molecule has 0 atom stereocenters. The fourth-order valence-corrected chi connectivity index (χ4v) is 3.39. The van der Waals surface area contributed by atoms with Crippen molar-refractivity contribution >= 4 is 17.0 Å². The van der Waals surface area contributed by atoms with Crippen LogP contribution in [-0.4, -0.2) is 29.3 Å². The molecule has 0 aliphatic heterocycles. The summed E-state index contributed by atoms with van der Waals surface area (Å²) in [6.45, 7) is 6.17. The highest BCUT2D eigenvalue weighted by Gasteiger charge is 2.24. The van der Waals surface area contributed by atoms with Crippen molar-refractivity contribution < 1.29 is 18.7 Å². The number of aromatic nitrogens is 1. The van der Waals surface area contributed by atoms with Crippen LogP contribution < -0.4 is 10.1 Å². The van der Waals surface area contributed by atoms with E-state index >= 15 is 0 Å². The maximum Gasteiger partial charge on any atom is 0.407 e. The zero-order valence-corrected chi connectivity index (χ0v) is 16.1. The van der Waals surface area contributed by atoms with Crippen LogP contribution in [0.15, 0.2) is 30.5 Å². The number of carbonyl (C=O) groups excluding carboxylic acids is 1. The van der Waals surface area contributed by atoms with Gasteiger partial charge in [0.2, 0.25) is 0 Å². The minimum Gasteiger partial charge on any atom is -0.490 e. The van der Waals surface area contributed by atoms with E-state index in [1.165, 1.54) is 6.07 Å². The Labute approximate surface area is 159 Å². The van der Waals surface area contributed by atoms with Crippen LogP contribution in [0, 0.1) is 11.7 Å². The quantitative estimate of drug-likeness (QED) is 0.832. The van der Waals surface area contributed by atoms with Gasteiger partial charge in [-0.2, -0.15) is 0 Å². The first-order valence-electron chi connectivity index (χ1n) is 9.48. The summed E-state index contributed by atoms with van der Waals surface area (Å²) in [5.74, 6) is 0.758. The van der Waals surface area contributed by atoms with E-state index in [1.54, 1.807) is 18.3 Å². The number of carbonyl (C=O) groups is 1. The van der Waals surface area contributed by atoms with Crippen LogP contribution >= 0.6 is 0 Å². The molecular formula is C21H27FN2O3. The van der Waals surface area contributed by atoms with Crippen LogP contribution in [0.3, 0.4) is 0 Å². The molecule has 27 heavy (non-hydrogen) atoms. The molecule has 0 radical (unpaired) electrons. The summed E-state index contributed by atoms with van der Waals surface area (Å²) < 4.78 is 25.3. The summed E-state index contributed by atoms with van der Waals surface area (Å²) >= 11 is 0. The highest BCUT2D eigenvalue weighted by atomic mass is 19.1. The van der Waals surface area contributed by atoms with Crippen molar-refractivity contribution in [3.05, 3.63) is 36.3 Å². The van der Waals surface area contributed by atoms with Gasteiger partial charge in [0, 0.05) is 18.1 Å². The van der Waals surface area contributed by atoms with E-state index < -0.39 is 5.60 Å². The zero-order valence-electron chi connectivity index (χ0n) is 16.1. The number of nitrogens with zero attached hydrogens (tertiary/aromatic N) is 1. The molecule has 1 aliphatic carbocycles. The minimum atomic E-state index is -0.484. The van der Waals surface area contributed by atoms with Crippen LogP contribution in [0.4, 0.5) is 9.18 Å². The molecule has 5 nitrogen and oxygen atoms in total. The first-order chi connectivity index (χ1) is 12.8. The fourth-order valence-electron chi connectivity index (χ4n) is 3.39. The van der Waals surface area contributed by atoms with Gasteiger partial charge in [0.25, 0.3) is 0 Å². The van der Waals surface area contributed by atoms with Gasteiger partial charge in [-0.1, -0.05) is 6.07 Å². The number of benzene rings is 1. The van der Waals surface area contributed by atoms with Crippen LogP contribution in [0.5, 0.6) is 5.75 Å². The standard InChI is InChI=1S/C21H27FN2O3/c1-21(2,3)27-20(25)24-13-14-7-9-15(10-8-14)26-18-11-12-23-19-16(18)5-4-6-17(19)22/h4-6,11-12,14-15H,7-10,13H2,1-3H3,(H,24,25)/t14-,15-. The minimum absolute atomic E-state index is 0.0941. The largest absolute Gasteiger partial charge is 0.490 e. The molecule has 1 N–H and O–H groups in total. The second kappa shape index (κ2) is 8.11. The molecular weight excluding hydrogens is 347 g/mol. The summed E-state index contributed by atoms with van der Waals surface area (Å²) in [5.41, 5.74) is -0.146. The number of hydrogen-bond donors (Lipinski definition) is 1. The smallest absolute Gasteiger partial charge is 0.407 e. The van der Waals surface area contributed by atoms with Crippen molar-refractivity contribution in [2.75, 3.05) is 6.54 Å². The predicted molar refractivity (Wildman–Crippen MR) is 102 cm³/mol. The van der Waals surface area contributed by atoms with Gasteiger partial charge in [0.15, 0.2) is 0 Å². The third-order valence-electron chi connectivity index (χ3n) is 4.70. The summed E-state index contributed by atoms with van der Waals surface area (Å²) in [5, 5.41) is 3.55. The maximum absolute atomic E-state index is 13.9. The summed E-state index contributed by atoms with van der Waals surface area (Å²) in [6.07, 6.45) is 5.05. The summed E-state index contributed by atoms with van der Waals surface area (Å²) in [7, 11) is 0. The van der Waals surface area contributed by atoms with Gasteiger partial charge < -0.3 is 14.8 Å². The molecule has 1 amide bonds. The second-order valence-electron chi connectivity index (χ2n) is 8.09.